The number of para-hydroxylation sites is 1. The molecule has 2 heterocycles. The number of pyridine rings is 2. The molecule has 0 radical (unpaired) electrons. The van der Waals surface area contributed by atoms with E-state index in [-0.39, 0.29) is 0 Å². The average Bonchev–Trinajstić information content (AvgIpc) is 3.37. The van der Waals surface area contributed by atoms with E-state index in [2.05, 4.69) is 231 Å². The minimum Gasteiger partial charge on any atom is -0.248 e. The van der Waals surface area contributed by atoms with Gasteiger partial charge in [0, 0.05) is 27.3 Å². The van der Waals surface area contributed by atoms with Crippen molar-refractivity contribution in [2.75, 3.05) is 0 Å². The van der Waals surface area contributed by atoms with Crippen molar-refractivity contribution in [2.24, 2.45) is 0 Å². The molecule has 0 aliphatic heterocycles. The highest BCUT2D eigenvalue weighted by Gasteiger charge is 2.20. The molecular formula is C62H38N2. The molecule has 0 N–H and O–H groups in total. The van der Waals surface area contributed by atoms with Gasteiger partial charge in [-0.1, -0.05) is 194 Å². The van der Waals surface area contributed by atoms with Crippen molar-refractivity contribution >= 4 is 75.7 Å². The van der Waals surface area contributed by atoms with Crippen LogP contribution in [-0.2, 0) is 0 Å². The van der Waals surface area contributed by atoms with Crippen LogP contribution in [0.5, 0.6) is 0 Å². The van der Waals surface area contributed by atoms with Crippen LogP contribution < -0.4 is 0 Å². The Bertz CT molecular complexity index is 4000. The summed E-state index contributed by atoms with van der Waals surface area (Å²) in [6, 6.07) is 83.6. The van der Waals surface area contributed by atoms with Crippen molar-refractivity contribution in [3.63, 3.8) is 0 Å². The van der Waals surface area contributed by atoms with E-state index in [0.717, 1.165) is 60.8 Å². The monoisotopic (exact) mass is 810 g/mol. The van der Waals surface area contributed by atoms with Gasteiger partial charge in [0.1, 0.15) is 0 Å². The lowest BCUT2D eigenvalue weighted by Gasteiger charge is -2.18. The van der Waals surface area contributed by atoms with Gasteiger partial charge in [-0.15, -0.1) is 0 Å². The van der Waals surface area contributed by atoms with Crippen LogP contribution in [-0.4, -0.2) is 9.97 Å². The van der Waals surface area contributed by atoms with E-state index in [1.165, 1.54) is 70.7 Å². The van der Waals surface area contributed by atoms with Gasteiger partial charge in [0.25, 0.3) is 0 Å². The quantitative estimate of drug-likeness (QED) is 0.162. The Morgan fingerprint density at radius 3 is 1.33 bits per heavy atom. The van der Waals surface area contributed by atoms with E-state index in [4.69, 9.17) is 9.97 Å². The topological polar surface area (TPSA) is 25.8 Å². The first kappa shape index (κ1) is 36.2. The highest BCUT2D eigenvalue weighted by Crippen LogP contribution is 2.45. The molecule has 13 aromatic rings. The van der Waals surface area contributed by atoms with Crippen LogP contribution in [0.2, 0.25) is 0 Å². The van der Waals surface area contributed by atoms with Crippen LogP contribution in [0.3, 0.4) is 0 Å². The largest absolute Gasteiger partial charge is 0.248 e. The van der Waals surface area contributed by atoms with Gasteiger partial charge in [0.2, 0.25) is 0 Å². The number of aromatic nitrogens is 2. The zero-order valence-electron chi connectivity index (χ0n) is 34.8. The molecule has 2 heteroatoms. The van der Waals surface area contributed by atoms with E-state index in [1.807, 2.05) is 0 Å². The van der Waals surface area contributed by atoms with Crippen LogP contribution in [0.15, 0.2) is 231 Å². The number of hydrogen-bond donors (Lipinski definition) is 0. The van der Waals surface area contributed by atoms with Crippen molar-refractivity contribution < 1.29 is 0 Å². The molecule has 11 aromatic carbocycles. The zero-order chi connectivity index (χ0) is 42.1. The van der Waals surface area contributed by atoms with Gasteiger partial charge in [-0.25, -0.2) is 9.97 Å². The van der Waals surface area contributed by atoms with Gasteiger partial charge in [-0.3, -0.25) is 0 Å². The second-order valence-electron chi connectivity index (χ2n) is 16.8. The Hall–Kier alpha value is -8.46. The van der Waals surface area contributed by atoms with Crippen molar-refractivity contribution in [3.8, 4) is 55.9 Å². The Morgan fingerprint density at radius 1 is 0.219 bits per heavy atom. The predicted molar refractivity (Wildman–Crippen MR) is 272 cm³/mol. The first-order valence-corrected chi connectivity index (χ1v) is 22.0. The third-order valence-electron chi connectivity index (χ3n) is 13.2. The van der Waals surface area contributed by atoms with Crippen LogP contribution in [0.1, 0.15) is 0 Å². The number of fused-ring (bicyclic) bond motifs is 10. The molecule has 0 saturated heterocycles. The number of hydrogen-bond acceptors (Lipinski definition) is 2. The van der Waals surface area contributed by atoms with Crippen LogP contribution in [0.4, 0.5) is 0 Å². The lowest BCUT2D eigenvalue weighted by atomic mass is 9.87. The summed E-state index contributed by atoms with van der Waals surface area (Å²) in [5.41, 5.74) is 13.1. The summed E-state index contributed by atoms with van der Waals surface area (Å²) in [5, 5.41) is 14.4. The van der Waals surface area contributed by atoms with Crippen LogP contribution in [0, 0.1) is 0 Å². The summed E-state index contributed by atoms with van der Waals surface area (Å²) in [6.07, 6.45) is 0. The van der Waals surface area contributed by atoms with Gasteiger partial charge in [-0.2, -0.15) is 0 Å². The molecule has 0 bridgehead atoms. The fraction of sp³-hybridized carbons (Fsp3) is 0. The Morgan fingerprint density at radius 2 is 0.656 bits per heavy atom. The lowest BCUT2D eigenvalue weighted by Crippen LogP contribution is -1.95. The fourth-order valence-electron chi connectivity index (χ4n) is 10.2. The van der Waals surface area contributed by atoms with Crippen molar-refractivity contribution in [3.05, 3.63) is 231 Å². The van der Waals surface area contributed by atoms with E-state index >= 15 is 0 Å². The predicted octanol–water partition coefficient (Wildman–Crippen LogP) is 16.9. The number of rotatable bonds is 5. The lowest BCUT2D eigenvalue weighted by molar-refractivity contribution is 1.39. The number of benzene rings is 11. The van der Waals surface area contributed by atoms with E-state index in [0.29, 0.717) is 0 Å². The van der Waals surface area contributed by atoms with Crippen molar-refractivity contribution in [1.82, 2.24) is 9.97 Å². The zero-order valence-corrected chi connectivity index (χ0v) is 34.8. The SMILES string of the molecule is c1ccc(-c2cc(-c3ccc(-c4cc(-c5cc6ccccc6c6ccccc56)nc5c4cc(-c4cc6ccccc6c6ccccc46)c4ccccc45)cc3)nc3ccccc23)cc1. The molecule has 64 heavy (non-hydrogen) atoms. The summed E-state index contributed by atoms with van der Waals surface area (Å²) in [4.78, 5) is 10.9. The Labute approximate surface area is 370 Å². The third-order valence-corrected chi connectivity index (χ3v) is 13.2. The van der Waals surface area contributed by atoms with Crippen molar-refractivity contribution in [2.45, 2.75) is 0 Å². The second kappa shape index (κ2) is 14.6. The summed E-state index contributed by atoms with van der Waals surface area (Å²) in [7, 11) is 0. The molecule has 0 saturated carbocycles. The molecule has 0 atom stereocenters. The molecular weight excluding hydrogens is 773 g/mol. The van der Waals surface area contributed by atoms with E-state index in [1.54, 1.807) is 0 Å². The van der Waals surface area contributed by atoms with Crippen LogP contribution >= 0.6 is 0 Å². The van der Waals surface area contributed by atoms with Gasteiger partial charge in [0.05, 0.1) is 22.4 Å². The highest BCUT2D eigenvalue weighted by molar-refractivity contribution is 6.22. The smallest absolute Gasteiger partial charge is 0.0794 e. The third kappa shape index (κ3) is 5.81. The molecule has 296 valence electrons. The Balaban J connectivity index is 1.08. The van der Waals surface area contributed by atoms with E-state index < -0.39 is 0 Å². The standard InChI is InChI=1S/C62H38N2/c1-2-16-39(17-3-1)53-37-60(63-59-29-15-14-27-51(53)59)41-32-30-40(31-33-41)54-38-61(57-35-43-19-5-7-21-45(43)47-23-9-11-25-49(47)57)64-62-52-28-13-12-26-50(52)56(36-58(54)62)55-34-42-18-4-6-20-44(42)46-22-8-10-24-48(46)55/h1-38H. The normalized spacial score (nSPS) is 11.8. The van der Waals surface area contributed by atoms with Crippen molar-refractivity contribution in [1.29, 1.82) is 0 Å². The van der Waals surface area contributed by atoms with Crippen LogP contribution in [0.25, 0.3) is 132 Å². The van der Waals surface area contributed by atoms with Gasteiger partial charge in [-0.05, 0) is 118 Å². The first-order valence-electron chi connectivity index (χ1n) is 22.0. The molecule has 0 spiro atoms. The average molecular weight is 811 g/mol. The molecule has 2 nitrogen and oxygen atoms in total. The summed E-state index contributed by atoms with van der Waals surface area (Å²) < 4.78 is 0. The maximum atomic E-state index is 5.69. The molecule has 0 unspecified atom stereocenters. The van der Waals surface area contributed by atoms with E-state index in [9.17, 15) is 0 Å². The first-order chi connectivity index (χ1) is 31.7. The van der Waals surface area contributed by atoms with Gasteiger partial charge >= 0.3 is 0 Å². The van der Waals surface area contributed by atoms with Gasteiger partial charge < -0.3 is 0 Å². The maximum absolute atomic E-state index is 5.69. The maximum Gasteiger partial charge on any atom is 0.0794 e. The summed E-state index contributed by atoms with van der Waals surface area (Å²) in [5.74, 6) is 0. The molecule has 0 amide bonds. The minimum absolute atomic E-state index is 0.948. The summed E-state index contributed by atoms with van der Waals surface area (Å²) in [6.45, 7) is 0. The molecule has 0 fully saturated rings. The minimum atomic E-state index is 0.948. The summed E-state index contributed by atoms with van der Waals surface area (Å²) >= 11 is 0. The second-order valence-corrected chi connectivity index (χ2v) is 16.8. The Kier molecular flexibility index (Phi) is 8.25. The number of nitrogens with zero attached hydrogens (tertiary/aromatic N) is 2. The molecule has 13 rings (SSSR count). The fourth-order valence-corrected chi connectivity index (χ4v) is 10.2. The van der Waals surface area contributed by atoms with Gasteiger partial charge in [0.15, 0.2) is 0 Å². The molecule has 0 aliphatic rings. The highest BCUT2D eigenvalue weighted by atomic mass is 14.7. The molecule has 2 aromatic heterocycles. The molecule has 0 aliphatic carbocycles.